The van der Waals surface area contributed by atoms with Crippen molar-refractivity contribution in [3.63, 3.8) is 0 Å². The largest absolute Gasteiger partial charge is 0.388 e. The second-order valence-corrected chi connectivity index (χ2v) is 5.59. The van der Waals surface area contributed by atoms with E-state index in [1.165, 1.54) is 12.1 Å². The number of benzene rings is 1. The van der Waals surface area contributed by atoms with Crippen molar-refractivity contribution in [2.24, 2.45) is 5.11 Å². The molecule has 2 atom stereocenters. The quantitative estimate of drug-likeness (QED) is 0.433. The lowest BCUT2D eigenvalue weighted by Crippen LogP contribution is -2.40. The van der Waals surface area contributed by atoms with Gasteiger partial charge in [0.2, 0.25) is 5.91 Å². The first-order chi connectivity index (χ1) is 10.4. The Morgan fingerprint density at radius 2 is 2.45 bits per heavy atom. The minimum absolute atomic E-state index is 0.00180. The van der Waals surface area contributed by atoms with Crippen LogP contribution in [0.2, 0.25) is 5.02 Å². The summed E-state index contributed by atoms with van der Waals surface area (Å²) in [6, 6.07) is 3.93. The predicted octanol–water partition coefficient (Wildman–Crippen LogP) is 1.50. The Bertz CT molecular complexity index is 622. The topological polar surface area (TPSA) is 110 Å². The van der Waals surface area contributed by atoms with Crippen LogP contribution in [0.4, 0.5) is 4.39 Å². The number of carbonyl (C=O) groups is 1. The highest BCUT2D eigenvalue weighted by Crippen LogP contribution is 2.21. The molecular formula is C13H15ClFN5O2. The molecule has 0 radical (unpaired) electrons. The maximum absolute atomic E-state index is 13.7. The fourth-order valence-electron chi connectivity index (χ4n) is 2.30. The number of aliphatic hydroxyl groups is 1. The van der Waals surface area contributed by atoms with Crippen molar-refractivity contribution in [2.75, 3.05) is 13.1 Å². The van der Waals surface area contributed by atoms with E-state index in [1.807, 2.05) is 0 Å². The molecule has 0 bridgehead atoms. The van der Waals surface area contributed by atoms with E-state index in [0.29, 0.717) is 0 Å². The number of amides is 1. The highest BCUT2D eigenvalue weighted by Gasteiger charge is 2.39. The van der Waals surface area contributed by atoms with Crippen LogP contribution in [0, 0.1) is 5.82 Å². The molecule has 1 aromatic carbocycles. The van der Waals surface area contributed by atoms with Crippen molar-refractivity contribution in [3.8, 4) is 0 Å². The molecule has 1 aliphatic heterocycles. The number of nitrogens with one attached hydrogen (secondary N) is 2. The van der Waals surface area contributed by atoms with Crippen LogP contribution in [0.3, 0.4) is 0 Å². The maximum Gasteiger partial charge on any atom is 0.237 e. The van der Waals surface area contributed by atoms with Crippen molar-refractivity contribution >= 4 is 17.5 Å². The normalized spacial score (nSPS) is 23.9. The van der Waals surface area contributed by atoms with Crippen molar-refractivity contribution in [1.82, 2.24) is 10.6 Å². The summed E-state index contributed by atoms with van der Waals surface area (Å²) in [6.45, 7) is 0.0387. The number of carbonyl (C=O) groups excluding carboxylic acids is 1. The van der Waals surface area contributed by atoms with E-state index in [9.17, 15) is 14.3 Å². The van der Waals surface area contributed by atoms with Gasteiger partial charge in [-0.3, -0.25) is 4.79 Å². The fourth-order valence-corrected chi connectivity index (χ4v) is 2.49. The molecule has 118 valence electrons. The van der Waals surface area contributed by atoms with Gasteiger partial charge < -0.3 is 15.7 Å². The van der Waals surface area contributed by atoms with Gasteiger partial charge in [0.25, 0.3) is 0 Å². The van der Waals surface area contributed by atoms with E-state index < -0.39 is 17.5 Å². The van der Waals surface area contributed by atoms with Gasteiger partial charge in [-0.25, -0.2) is 4.39 Å². The van der Waals surface area contributed by atoms with Gasteiger partial charge in [0, 0.05) is 30.0 Å². The molecular weight excluding hydrogens is 313 g/mol. The van der Waals surface area contributed by atoms with Crippen molar-refractivity contribution < 1.29 is 14.3 Å². The summed E-state index contributed by atoms with van der Waals surface area (Å²) in [4.78, 5) is 14.6. The Labute approximate surface area is 131 Å². The zero-order chi connectivity index (χ0) is 16.2. The van der Waals surface area contributed by atoms with Gasteiger partial charge in [0.15, 0.2) is 0 Å². The average Bonchev–Trinajstić information content (AvgIpc) is 2.89. The van der Waals surface area contributed by atoms with Crippen molar-refractivity contribution in [3.05, 3.63) is 45.0 Å². The number of β-amino-alcohol motifs (C(OH)–C–C–N with tert-alkyl or cyclic N) is 1. The molecule has 7 nitrogen and oxygen atoms in total. The summed E-state index contributed by atoms with van der Waals surface area (Å²) >= 11 is 5.67. The summed E-state index contributed by atoms with van der Waals surface area (Å²) in [5, 5.41) is 18.9. The molecule has 0 spiro atoms. The molecule has 3 N–H and O–H groups in total. The van der Waals surface area contributed by atoms with Crippen LogP contribution in [-0.4, -0.2) is 35.7 Å². The number of rotatable bonds is 5. The molecule has 0 aromatic heterocycles. The molecule has 0 saturated carbocycles. The Kier molecular flexibility index (Phi) is 5.20. The van der Waals surface area contributed by atoms with Gasteiger partial charge in [-0.1, -0.05) is 28.8 Å². The van der Waals surface area contributed by atoms with Crippen molar-refractivity contribution in [1.29, 1.82) is 0 Å². The van der Waals surface area contributed by atoms with Crippen LogP contribution in [0.5, 0.6) is 0 Å². The number of nitrogens with zero attached hydrogens (tertiary/aromatic N) is 3. The second kappa shape index (κ2) is 6.93. The second-order valence-electron chi connectivity index (χ2n) is 5.18. The van der Waals surface area contributed by atoms with E-state index in [0.717, 1.165) is 0 Å². The zero-order valence-electron chi connectivity index (χ0n) is 11.6. The van der Waals surface area contributed by atoms with E-state index in [4.69, 9.17) is 17.1 Å². The predicted molar refractivity (Wildman–Crippen MR) is 78.6 cm³/mol. The van der Waals surface area contributed by atoms with Gasteiger partial charge in [0.05, 0.1) is 23.2 Å². The first-order valence-electron chi connectivity index (χ1n) is 6.62. The van der Waals surface area contributed by atoms with Crippen LogP contribution in [-0.2, 0) is 11.3 Å². The van der Waals surface area contributed by atoms with Crippen LogP contribution < -0.4 is 10.6 Å². The number of azide groups is 1. The lowest BCUT2D eigenvalue weighted by molar-refractivity contribution is -0.123. The highest BCUT2D eigenvalue weighted by molar-refractivity contribution is 6.30. The molecule has 22 heavy (non-hydrogen) atoms. The number of hydrogen-bond acceptors (Lipinski definition) is 4. The molecule has 1 aromatic rings. The fraction of sp³-hybridized carbons (Fsp3) is 0.462. The lowest BCUT2D eigenvalue weighted by atomic mass is 10.0. The molecule has 9 heteroatoms. The SMILES string of the molecule is [N-]=[N+]=NC[C@@]1(O)CN[C@H](C(=O)NCc2cccc(Cl)c2F)C1. The summed E-state index contributed by atoms with van der Waals surface area (Å²) in [7, 11) is 0. The Morgan fingerprint density at radius 1 is 1.68 bits per heavy atom. The zero-order valence-corrected chi connectivity index (χ0v) is 12.3. The molecule has 1 aliphatic rings. The number of hydrogen-bond donors (Lipinski definition) is 3. The Balaban J connectivity index is 1.91. The van der Waals surface area contributed by atoms with Gasteiger partial charge >= 0.3 is 0 Å². The van der Waals surface area contributed by atoms with E-state index >= 15 is 0 Å². The van der Waals surface area contributed by atoms with Crippen LogP contribution in [0.1, 0.15) is 12.0 Å². The monoisotopic (exact) mass is 327 g/mol. The third-order valence-corrected chi connectivity index (χ3v) is 3.78. The van der Waals surface area contributed by atoms with Crippen molar-refractivity contribution in [2.45, 2.75) is 24.6 Å². The molecule has 0 unspecified atom stereocenters. The average molecular weight is 328 g/mol. The van der Waals surface area contributed by atoms with Crippen LogP contribution >= 0.6 is 11.6 Å². The van der Waals surface area contributed by atoms with Gasteiger partial charge in [-0.15, -0.1) is 0 Å². The standard InChI is InChI=1S/C13H15ClFN5O2/c14-9-3-1-2-8(11(9)15)5-17-12(21)10-4-13(22,6-18-10)7-19-20-16/h1-3,10,18,22H,4-7H2,(H,17,21)/t10-,13-/m0/s1. The van der Waals surface area contributed by atoms with E-state index in [1.54, 1.807) is 6.07 Å². The molecule has 0 aliphatic carbocycles. The van der Waals surface area contributed by atoms with Crippen LogP contribution in [0.25, 0.3) is 10.4 Å². The lowest BCUT2D eigenvalue weighted by Gasteiger charge is -2.18. The first-order valence-corrected chi connectivity index (χ1v) is 7.00. The summed E-state index contributed by atoms with van der Waals surface area (Å²) in [6.07, 6.45) is 0.121. The Hall–Kier alpha value is -1.86. The van der Waals surface area contributed by atoms with Gasteiger partial charge in [-0.05, 0) is 11.6 Å². The molecule has 1 amide bonds. The highest BCUT2D eigenvalue weighted by atomic mass is 35.5. The van der Waals surface area contributed by atoms with Crippen LogP contribution in [0.15, 0.2) is 23.3 Å². The molecule has 1 fully saturated rings. The molecule has 2 rings (SSSR count). The maximum atomic E-state index is 13.7. The summed E-state index contributed by atoms with van der Waals surface area (Å²) < 4.78 is 13.7. The third-order valence-electron chi connectivity index (χ3n) is 3.49. The van der Waals surface area contributed by atoms with Gasteiger partial charge in [0.1, 0.15) is 5.82 Å². The Morgan fingerprint density at radius 3 is 3.18 bits per heavy atom. The molecule has 1 saturated heterocycles. The first kappa shape index (κ1) is 16.5. The molecule has 1 heterocycles. The van der Waals surface area contributed by atoms with E-state index in [2.05, 4.69) is 20.7 Å². The minimum atomic E-state index is -1.24. The summed E-state index contributed by atoms with van der Waals surface area (Å²) in [5.41, 5.74) is 7.32. The smallest absolute Gasteiger partial charge is 0.237 e. The minimum Gasteiger partial charge on any atom is -0.388 e. The third kappa shape index (κ3) is 3.86. The van der Waals surface area contributed by atoms with E-state index in [-0.39, 0.29) is 42.5 Å². The van der Waals surface area contributed by atoms with Gasteiger partial charge in [-0.2, -0.15) is 0 Å². The number of halogens is 2. The summed E-state index contributed by atoms with van der Waals surface area (Å²) in [5.74, 6) is -0.931.